The van der Waals surface area contributed by atoms with Crippen LogP contribution in [0.3, 0.4) is 0 Å². The van der Waals surface area contributed by atoms with Crippen molar-refractivity contribution < 1.29 is 47.6 Å². The van der Waals surface area contributed by atoms with E-state index in [-0.39, 0.29) is 49.3 Å². The van der Waals surface area contributed by atoms with Gasteiger partial charge in [0.25, 0.3) is 5.91 Å². The molecule has 0 bridgehead atoms. The van der Waals surface area contributed by atoms with Crippen LogP contribution in [-0.2, 0) is 9.59 Å². The first kappa shape index (κ1) is 33.1. The number of β-amino-alcohol motifs (C(OH)–C–C–N with tert-alkyl or cyclic N) is 1. The number of carbonyl (C=O) groups is 2. The van der Waals surface area contributed by atoms with Crippen LogP contribution in [0.25, 0.3) is 0 Å². The fraction of sp³-hybridized carbons (Fsp3) is 0.481. The topological polar surface area (TPSA) is 119 Å². The summed E-state index contributed by atoms with van der Waals surface area (Å²) < 4.78 is 101. The number of nitrogens with one attached hydrogen (secondary N) is 1. The van der Waals surface area contributed by atoms with Crippen LogP contribution in [0.5, 0.6) is 5.75 Å². The van der Waals surface area contributed by atoms with Crippen LogP contribution in [0.1, 0.15) is 50.6 Å². The second-order valence-corrected chi connectivity index (χ2v) is 13.7. The van der Waals surface area contributed by atoms with Crippen molar-refractivity contribution in [3.05, 3.63) is 48.3 Å². The third-order valence-electron chi connectivity index (χ3n) is 7.63. The van der Waals surface area contributed by atoms with Crippen molar-refractivity contribution in [1.29, 1.82) is 5.26 Å². The Bertz CT molecular complexity index is 1460. The molecular formula is C27H30F7N5O4S. The Morgan fingerprint density at radius 2 is 1.77 bits per heavy atom. The van der Waals surface area contributed by atoms with E-state index in [1.165, 1.54) is 26.3 Å². The maximum Gasteiger partial charge on any atom is 0.310 e. The Kier molecular flexibility index (Phi) is 8.04. The van der Waals surface area contributed by atoms with E-state index in [1.54, 1.807) is 6.19 Å². The summed E-state index contributed by atoms with van der Waals surface area (Å²) >= 11 is 0. The van der Waals surface area contributed by atoms with Crippen LogP contribution in [-0.4, -0.2) is 64.1 Å². The predicted molar refractivity (Wildman–Crippen MR) is 146 cm³/mol. The van der Waals surface area contributed by atoms with Crippen LogP contribution < -0.4 is 15.0 Å². The minimum absolute atomic E-state index is 0.00677. The molecule has 1 unspecified atom stereocenters. The van der Waals surface area contributed by atoms with E-state index in [4.69, 9.17) is 4.74 Å². The van der Waals surface area contributed by atoms with Crippen LogP contribution in [0.4, 0.5) is 33.9 Å². The van der Waals surface area contributed by atoms with Gasteiger partial charge in [-0.1, -0.05) is 19.4 Å². The van der Waals surface area contributed by atoms with Crippen molar-refractivity contribution in [2.75, 3.05) is 18.6 Å². The number of halogens is 7. The van der Waals surface area contributed by atoms with Gasteiger partial charge in [-0.25, -0.2) is 8.78 Å². The van der Waals surface area contributed by atoms with E-state index in [0.29, 0.717) is 12.1 Å². The molecule has 2 N–H and O–H groups in total. The zero-order chi connectivity index (χ0) is 32.8. The second-order valence-electron chi connectivity index (χ2n) is 11.3. The number of ether oxygens (including phenoxy) is 1. The lowest BCUT2D eigenvalue weighted by Gasteiger charge is -2.41. The van der Waals surface area contributed by atoms with E-state index < -0.39 is 75.1 Å². The number of rotatable bonds is 8. The lowest BCUT2D eigenvalue weighted by Crippen LogP contribution is -2.52. The fourth-order valence-corrected chi connectivity index (χ4v) is 6.12. The minimum Gasteiger partial charge on any atom is -0.496 e. The number of aliphatic hydroxyl groups is 1. The molecule has 1 saturated heterocycles. The molecule has 9 nitrogen and oxygen atoms in total. The first-order valence-corrected chi connectivity index (χ1v) is 15.3. The molecule has 242 valence electrons. The number of benzene rings is 1. The minimum atomic E-state index is -10.1. The summed E-state index contributed by atoms with van der Waals surface area (Å²) in [5.41, 5.74) is -2.07. The summed E-state index contributed by atoms with van der Waals surface area (Å²) in [6, 6.07) is -1.33. The molecule has 0 spiro atoms. The van der Waals surface area contributed by atoms with Gasteiger partial charge in [0, 0.05) is 48.9 Å². The van der Waals surface area contributed by atoms with Gasteiger partial charge in [-0.05, 0) is 50.1 Å². The number of methoxy groups -OCH3 is 1. The number of anilines is 1. The molecule has 44 heavy (non-hydrogen) atoms. The lowest BCUT2D eigenvalue weighted by molar-refractivity contribution is -0.129. The average Bonchev–Trinajstić information content (AvgIpc) is 3.25. The van der Waals surface area contributed by atoms with Crippen molar-refractivity contribution in [2.24, 2.45) is 0 Å². The van der Waals surface area contributed by atoms with Gasteiger partial charge in [-0.15, -0.1) is 0 Å². The highest BCUT2D eigenvalue weighted by molar-refractivity contribution is 8.45. The predicted octanol–water partition coefficient (Wildman–Crippen LogP) is 5.82. The summed E-state index contributed by atoms with van der Waals surface area (Å²) in [6.07, 6.45) is 2.62. The molecule has 4 rings (SSSR count). The maximum absolute atomic E-state index is 14.2. The zero-order valence-electron chi connectivity index (χ0n) is 23.5. The normalized spacial score (nSPS) is 24.4. The van der Waals surface area contributed by atoms with Gasteiger partial charge in [-0.3, -0.25) is 24.4 Å². The summed E-state index contributed by atoms with van der Waals surface area (Å²) in [5.74, 6) is -4.91. The van der Waals surface area contributed by atoms with Crippen LogP contribution >= 0.6 is 10.2 Å². The number of nitriles is 1. The quantitative estimate of drug-likeness (QED) is 0.272. The van der Waals surface area contributed by atoms with Crippen LogP contribution in [0.2, 0.25) is 0 Å². The SMILES string of the molecule is COc1ccncc1C(C(=O)NC1CCC(F)(F)CC1)N(C(=O)[C@H]1C[C@@](C)(O)CN1C#N)c1ccc(S(F)(F)(F)(F)F)cc1. The Labute approximate surface area is 248 Å². The number of carbonyl (C=O) groups excluding carboxylic acids is 2. The largest absolute Gasteiger partial charge is 0.496 e. The van der Waals surface area contributed by atoms with E-state index >= 15 is 0 Å². The molecule has 1 aromatic heterocycles. The monoisotopic (exact) mass is 653 g/mol. The first-order chi connectivity index (χ1) is 20.1. The highest BCUT2D eigenvalue weighted by atomic mass is 32.5. The number of aromatic nitrogens is 1. The van der Waals surface area contributed by atoms with Crippen LogP contribution in [0.15, 0.2) is 47.6 Å². The summed E-state index contributed by atoms with van der Waals surface area (Å²) in [6.45, 7) is 1.06. The van der Waals surface area contributed by atoms with E-state index in [1.807, 2.05) is 0 Å². The molecule has 1 aromatic carbocycles. The van der Waals surface area contributed by atoms with Gasteiger partial charge in [-0.2, -0.15) is 5.26 Å². The molecule has 17 heteroatoms. The van der Waals surface area contributed by atoms with E-state index in [0.717, 1.165) is 16.0 Å². The molecule has 2 aromatic rings. The number of pyridine rings is 1. The highest BCUT2D eigenvalue weighted by Gasteiger charge is 2.65. The maximum atomic E-state index is 14.2. The third-order valence-corrected chi connectivity index (χ3v) is 8.79. The third kappa shape index (κ3) is 7.29. The van der Waals surface area contributed by atoms with Gasteiger partial charge >= 0.3 is 10.2 Å². The van der Waals surface area contributed by atoms with Crippen LogP contribution in [0, 0.1) is 11.5 Å². The fourth-order valence-electron chi connectivity index (χ4n) is 5.47. The van der Waals surface area contributed by atoms with Gasteiger partial charge in [0.05, 0.1) is 19.3 Å². The van der Waals surface area contributed by atoms with Gasteiger partial charge in [0.1, 0.15) is 22.7 Å². The Balaban J connectivity index is 1.87. The highest BCUT2D eigenvalue weighted by Crippen LogP contribution is 3.02. The number of likely N-dealkylation sites (tertiary alicyclic amines) is 1. The number of hydrogen-bond acceptors (Lipinski definition) is 7. The smallest absolute Gasteiger partial charge is 0.310 e. The molecule has 2 amide bonds. The summed E-state index contributed by atoms with van der Waals surface area (Å²) in [4.78, 5) is 31.6. The molecule has 2 aliphatic rings. The molecule has 0 radical (unpaired) electrons. The average molecular weight is 654 g/mol. The summed E-state index contributed by atoms with van der Waals surface area (Å²) in [7, 11) is -8.90. The molecule has 3 atom stereocenters. The number of hydrogen-bond donors (Lipinski definition) is 2. The second kappa shape index (κ2) is 10.7. The van der Waals surface area contributed by atoms with Crippen molar-refractivity contribution in [3.8, 4) is 11.9 Å². The Morgan fingerprint density at radius 1 is 1.16 bits per heavy atom. The number of alkyl halides is 2. The van der Waals surface area contributed by atoms with Gasteiger partial charge in [0.15, 0.2) is 6.19 Å². The molecule has 1 aliphatic heterocycles. The van der Waals surface area contributed by atoms with Gasteiger partial charge < -0.3 is 15.2 Å². The lowest BCUT2D eigenvalue weighted by atomic mass is 9.91. The molecule has 1 aliphatic carbocycles. The zero-order valence-corrected chi connectivity index (χ0v) is 24.3. The molecule has 1 saturated carbocycles. The van der Waals surface area contributed by atoms with Crippen molar-refractivity contribution >= 4 is 27.7 Å². The number of amides is 2. The molecule has 2 fully saturated rings. The molecular weight excluding hydrogens is 623 g/mol. The first-order valence-electron chi connectivity index (χ1n) is 13.4. The Morgan fingerprint density at radius 3 is 2.32 bits per heavy atom. The van der Waals surface area contributed by atoms with E-state index in [2.05, 4.69) is 10.3 Å². The summed E-state index contributed by atoms with van der Waals surface area (Å²) in [5, 5.41) is 22.9. The van der Waals surface area contributed by atoms with Crippen molar-refractivity contribution in [1.82, 2.24) is 15.2 Å². The molecule has 2 heterocycles. The van der Waals surface area contributed by atoms with Crippen molar-refractivity contribution in [3.63, 3.8) is 0 Å². The number of nitrogens with zero attached hydrogens (tertiary/aromatic N) is 4. The van der Waals surface area contributed by atoms with Gasteiger partial charge in [0.2, 0.25) is 11.8 Å². The standard InChI is InChI=1S/C27H30F7N5O4S/c1-26(42)13-21(38(15-26)16-35)25(41)39(18-3-5-19(6-4-18)44(30,31,32,33)34)23(20-14-36-12-9-22(20)43-2)24(40)37-17-7-10-27(28,29)11-8-17/h3-6,9,12,14,17,21,23,42H,7-8,10-11,13,15H2,1-2H3,(H,37,40)/t21-,23?,26-/m1/s1. The Hall–Kier alpha value is -3.78. The van der Waals surface area contributed by atoms with E-state index in [9.17, 15) is 48.2 Å². The van der Waals surface area contributed by atoms with Crippen molar-refractivity contribution in [2.45, 2.75) is 73.6 Å².